The van der Waals surface area contributed by atoms with Crippen LogP contribution in [0.1, 0.15) is 41.5 Å². The van der Waals surface area contributed by atoms with Gasteiger partial charge in [0, 0.05) is 17.6 Å². The van der Waals surface area contributed by atoms with Gasteiger partial charge in [0.2, 0.25) is 0 Å². The molecule has 2 aromatic heterocycles. The van der Waals surface area contributed by atoms with Crippen molar-refractivity contribution < 1.29 is 9.53 Å². The van der Waals surface area contributed by atoms with Gasteiger partial charge in [-0.15, -0.1) is 0 Å². The van der Waals surface area contributed by atoms with Gasteiger partial charge in [0.05, 0.1) is 23.0 Å². The van der Waals surface area contributed by atoms with Gasteiger partial charge in [-0.05, 0) is 43.7 Å². The van der Waals surface area contributed by atoms with Crippen LogP contribution in [0.25, 0.3) is 22.7 Å². The summed E-state index contributed by atoms with van der Waals surface area (Å²) in [5, 5.41) is 18.8. The topological polar surface area (TPSA) is 85.7 Å². The van der Waals surface area contributed by atoms with Crippen molar-refractivity contribution in [1.82, 2.24) is 19.6 Å². The average Bonchev–Trinajstić information content (AvgIpc) is 3.42. The highest BCUT2D eigenvalue weighted by Gasteiger charge is 2.15. The summed E-state index contributed by atoms with van der Waals surface area (Å²) >= 11 is 0. The maximum absolute atomic E-state index is 12.3. The molecular formula is C24H21N5O2. The molecule has 4 aromatic rings. The summed E-state index contributed by atoms with van der Waals surface area (Å²) < 4.78 is 8.71. The number of nitrogens with zero attached hydrogens (tertiary/aromatic N) is 5. The van der Waals surface area contributed by atoms with E-state index in [9.17, 15) is 10.1 Å². The van der Waals surface area contributed by atoms with Crippen LogP contribution in [0, 0.1) is 11.3 Å². The Morgan fingerprint density at radius 2 is 2.03 bits per heavy atom. The van der Waals surface area contributed by atoms with Crippen LogP contribution in [0.15, 0.2) is 67.0 Å². The zero-order valence-electron chi connectivity index (χ0n) is 17.3. The number of rotatable bonds is 6. The van der Waals surface area contributed by atoms with Gasteiger partial charge in [0.25, 0.3) is 0 Å². The standard InChI is InChI=1S/C24H21N5O2/c1-17(2)29-23-11-10-20(13-21(23)22(14-25)27-29)28-16-19(15-26-28)24(30)31-12-6-9-18-7-4-3-5-8-18/h3-11,13,15-17H,12H2,1-2H3/b9-6+. The van der Waals surface area contributed by atoms with E-state index in [0.717, 1.165) is 22.2 Å². The zero-order valence-corrected chi connectivity index (χ0v) is 17.3. The molecule has 0 amide bonds. The van der Waals surface area contributed by atoms with Gasteiger partial charge in [-0.3, -0.25) is 4.68 Å². The Labute approximate surface area is 179 Å². The molecular weight excluding hydrogens is 390 g/mol. The van der Waals surface area contributed by atoms with Crippen LogP contribution >= 0.6 is 0 Å². The molecule has 0 fully saturated rings. The van der Waals surface area contributed by atoms with Gasteiger partial charge >= 0.3 is 5.97 Å². The summed E-state index contributed by atoms with van der Waals surface area (Å²) in [7, 11) is 0. The van der Waals surface area contributed by atoms with Gasteiger partial charge in [-0.1, -0.05) is 36.4 Å². The molecule has 7 heteroatoms. The first kappa shape index (κ1) is 20.1. The van der Waals surface area contributed by atoms with Crippen LogP contribution in [0.5, 0.6) is 0 Å². The van der Waals surface area contributed by atoms with Crippen LogP contribution in [0.3, 0.4) is 0 Å². The maximum atomic E-state index is 12.3. The SMILES string of the molecule is CC(C)n1nc(C#N)c2cc(-n3cc(C(=O)OC/C=C/c4ccccc4)cn3)ccc21. The molecule has 0 spiro atoms. The first-order chi connectivity index (χ1) is 15.1. The number of carbonyl (C=O) groups is 1. The van der Waals surface area contributed by atoms with E-state index in [4.69, 9.17) is 4.74 Å². The molecule has 0 aliphatic rings. The Bertz CT molecular complexity index is 1290. The molecule has 0 saturated carbocycles. The van der Waals surface area contributed by atoms with Crippen LogP contribution in [-0.2, 0) is 4.74 Å². The van der Waals surface area contributed by atoms with E-state index in [-0.39, 0.29) is 12.6 Å². The molecule has 2 heterocycles. The van der Waals surface area contributed by atoms with E-state index >= 15 is 0 Å². The first-order valence-corrected chi connectivity index (χ1v) is 9.93. The minimum Gasteiger partial charge on any atom is -0.458 e. The van der Waals surface area contributed by atoms with Crippen molar-refractivity contribution in [2.24, 2.45) is 0 Å². The van der Waals surface area contributed by atoms with Gasteiger partial charge in [-0.25, -0.2) is 9.48 Å². The highest BCUT2D eigenvalue weighted by atomic mass is 16.5. The summed E-state index contributed by atoms with van der Waals surface area (Å²) in [6.45, 7) is 4.20. The second-order valence-corrected chi connectivity index (χ2v) is 7.29. The number of aromatic nitrogens is 4. The molecule has 0 aliphatic carbocycles. The molecule has 0 atom stereocenters. The quantitative estimate of drug-likeness (QED) is 0.435. The number of hydrogen-bond acceptors (Lipinski definition) is 5. The molecule has 2 aromatic carbocycles. The predicted octanol–water partition coefficient (Wildman–Crippen LogP) is 4.54. The molecule has 0 N–H and O–H groups in total. The lowest BCUT2D eigenvalue weighted by Crippen LogP contribution is -2.04. The summed E-state index contributed by atoms with van der Waals surface area (Å²) in [4.78, 5) is 12.3. The van der Waals surface area contributed by atoms with Crippen molar-refractivity contribution >= 4 is 22.9 Å². The molecule has 0 radical (unpaired) electrons. The fourth-order valence-electron chi connectivity index (χ4n) is 3.27. The Kier molecular flexibility index (Phi) is 5.63. The van der Waals surface area contributed by atoms with E-state index < -0.39 is 5.97 Å². The van der Waals surface area contributed by atoms with Gasteiger partial charge < -0.3 is 4.74 Å². The second-order valence-electron chi connectivity index (χ2n) is 7.29. The fourth-order valence-corrected chi connectivity index (χ4v) is 3.27. The molecule has 31 heavy (non-hydrogen) atoms. The van der Waals surface area contributed by atoms with Gasteiger partial charge in [-0.2, -0.15) is 15.5 Å². The number of nitriles is 1. The van der Waals surface area contributed by atoms with E-state index in [2.05, 4.69) is 16.3 Å². The molecule has 0 bridgehead atoms. The van der Waals surface area contributed by atoms with Crippen molar-refractivity contribution in [3.63, 3.8) is 0 Å². The zero-order chi connectivity index (χ0) is 21.8. The Hall–Kier alpha value is -4.18. The normalized spacial score (nSPS) is 11.3. The van der Waals surface area contributed by atoms with Crippen LogP contribution in [0.2, 0.25) is 0 Å². The number of hydrogen-bond donors (Lipinski definition) is 0. The molecule has 0 saturated heterocycles. The minimum atomic E-state index is -0.449. The highest BCUT2D eigenvalue weighted by molar-refractivity contribution is 5.89. The number of benzene rings is 2. The Morgan fingerprint density at radius 3 is 2.77 bits per heavy atom. The van der Waals surface area contributed by atoms with Crippen LogP contribution < -0.4 is 0 Å². The average molecular weight is 411 g/mol. The van der Waals surface area contributed by atoms with Crippen molar-refractivity contribution in [1.29, 1.82) is 5.26 Å². The predicted molar refractivity (Wildman–Crippen MR) is 118 cm³/mol. The summed E-state index contributed by atoms with van der Waals surface area (Å²) in [5.74, 6) is -0.449. The molecule has 0 unspecified atom stereocenters. The number of ether oxygens (including phenoxy) is 1. The summed E-state index contributed by atoms with van der Waals surface area (Å²) in [5.41, 5.74) is 3.37. The third-order valence-corrected chi connectivity index (χ3v) is 4.79. The smallest absolute Gasteiger partial charge is 0.341 e. The lowest BCUT2D eigenvalue weighted by Gasteiger charge is -2.07. The Morgan fingerprint density at radius 1 is 1.23 bits per heavy atom. The largest absolute Gasteiger partial charge is 0.458 e. The lowest BCUT2D eigenvalue weighted by molar-refractivity contribution is 0.0550. The van der Waals surface area contributed by atoms with Gasteiger partial charge in [0.15, 0.2) is 5.69 Å². The number of fused-ring (bicyclic) bond motifs is 1. The van der Waals surface area contributed by atoms with E-state index in [1.54, 1.807) is 17.0 Å². The molecule has 154 valence electrons. The van der Waals surface area contributed by atoms with Crippen LogP contribution in [-0.4, -0.2) is 32.1 Å². The summed E-state index contributed by atoms with van der Waals surface area (Å²) in [6.07, 6.45) is 6.77. The summed E-state index contributed by atoms with van der Waals surface area (Å²) in [6, 6.07) is 17.7. The maximum Gasteiger partial charge on any atom is 0.341 e. The van der Waals surface area contributed by atoms with E-state index in [0.29, 0.717) is 11.3 Å². The monoisotopic (exact) mass is 411 g/mol. The first-order valence-electron chi connectivity index (χ1n) is 9.93. The molecule has 7 nitrogen and oxygen atoms in total. The van der Waals surface area contributed by atoms with E-state index in [1.807, 2.05) is 73.1 Å². The van der Waals surface area contributed by atoms with Crippen molar-refractivity contribution in [3.8, 4) is 11.8 Å². The molecule has 0 aliphatic heterocycles. The number of carbonyl (C=O) groups excluding carboxylic acids is 1. The molecule has 4 rings (SSSR count). The van der Waals surface area contributed by atoms with Gasteiger partial charge in [0.1, 0.15) is 12.7 Å². The van der Waals surface area contributed by atoms with Crippen molar-refractivity contribution in [3.05, 3.63) is 83.8 Å². The van der Waals surface area contributed by atoms with Crippen molar-refractivity contribution in [2.75, 3.05) is 6.61 Å². The third kappa shape index (κ3) is 4.23. The van der Waals surface area contributed by atoms with Crippen LogP contribution in [0.4, 0.5) is 0 Å². The Balaban J connectivity index is 1.49. The fraction of sp³-hybridized carbons (Fsp3) is 0.167. The lowest BCUT2D eigenvalue weighted by atomic mass is 10.2. The third-order valence-electron chi connectivity index (χ3n) is 4.79. The minimum absolute atomic E-state index is 0.137. The van der Waals surface area contributed by atoms with E-state index in [1.165, 1.54) is 6.20 Å². The highest BCUT2D eigenvalue weighted by Crippen LogP contribution is 2.24. The second kappa shape index (κ2) is 8.67. The number of esters is 1. The van der Waals surface area contributed by atoms with Crippen molar-refractivity contribution in [2.45, 2.75) is 19.9 Å².